The van der Waals surface area contributed by atoms with Gasteiger partial charge in [0, 0.05) is 12.3 Å². The van der Waals surface area contributed by atoms with Crippen molar-refractivity contribution in [3.05, 3.63) is 35.4 Å². The van der Waals surface area contributed by atoms with E-state index in [1.807, 2.05) is 6.92 Å². The number of hydrogen-bond acceptors (Lipinski definition) is 1. The summed E-state index contributed by atoms with van der Waals surface area (Å²) in [6.07, 6.45) is 1.62. The maximum atomic E-state index is 11.9. The number of ketones is 1. The molecule has 1 rings (SSSR count). The van der Waals surface area contributed by atoms with Crippen molar-refractivity contribution in [3.63, 3.8) is 0 Å². The average molecular weight is 218 g/mol. The zero-order valence-electron chi connectivity index (χ0n) is 10.8. The van der Waals surface area contributed by atoms with Gasteiger partial charge in [-0.1, -0.05) is 52.0 Å². The number of aryl methyl sites for hydroxylation is 1. The molecule has 16 heavy (non-hydrogen) atoms. The number of carbonyl (C=O) groups is 1. The summed E-state index contributed by atoms with van der Waals surface area (Å²) >= 11 is 0. The topological polar surface area (TPSA) is 17.1 Å². The van der Waals surface area contributed by atoms with Gasteiger partial charge in [-0.2, -0.15) is 0 Å². The summed E-state index contributed by atoms with van der Waals surface area (Å²) in [6, 6.07) is 8.37. The summed E-state index contributed by atoms with van der Waals surface area (Å²) < 4.78 is 0. The summed E-state index contributed by atoms with van der Waals surface area (Å²) in [5.74, 6) is 0.938. The fourth-order valence-corrected chi connectivity index (χ4v) is 1.63. The van der Waals surface area contributed by atoms with Crippen molar-refractivity contribution in [3.8, 4) is 0 Å². The Labute approximate surface area is 98.9 Å². The van der Waals surface area contributed by atoms with Crippen LogP contribution in [0.4, 0.5) is 0 Å². The van der Waals surface area contributed by atoms with Crippen LogP contribution in [0.3, 0.4) is 0 Å². The molecule has 0 aliphatic carbocycles. The van der Waals surface area contributed by atoms with Crippen molar-refractivity contribution < 1.29 is 4.79 Å². The molecule has 0 aromatic heterocycles. The first-order chi connectivity index (χ1) is 7.54. The maximum absolute atomic E-state index is 11.9. The third-order valence-electron chi connectivity index (χ3n) is 3.32. The molecule has 0 amide bonds. The minimum absolute atomic E-state index is 0.158. The van der Waals surface area contributed by atoms with E-state index in [4.69, 9.17) is 0 Å². The second kappa shape index (κ2) is 5.83. The number of carbonyl (C=O) groups excluding carboxylic acids is 1. The van der Waals surface area contributed by atoms with E-state index >= 15 is 0 Å². The van der Waals surface area contributed by atoms with E-state index in [-0.39, 0.29) is 5.92 Å². The zero-order chi connectivity index (χ0) is 12.1. The number of hydrogen-bond donors (Lipinski definition) is 0. The van der Waals surface area contributed by atoms with E-state index in [1.165, 1.54) is 5.56 Å². The molecule has 0 heterocycles. The van der Waals surface area contributed by atoms with Crippen LogP contribution in [-0.4, -0.2) is 5.78 Å². The van der Waals surface area contributed by atoms with Crippen LogP contribution >= 0.6 is 0 Å². The van der Waals surface area contributed by atoms with Gasteiger partial charge < -0.3 is 0 Å². The Bertz CT molecular complexity index is 335. The average Bonchev–Trinajstić information content (AvgIpc) is 2.28. The van der Waals surface area contributed by atoms with Gasteiger partial charge in [-0.3, -0.25) is 4.79 Å². The minimum Gasteiger partial charge on any atom is -0.299 e. The second-order valence-electron chi connectivity index (χ2n) is 4.85. The van der Waals surface area contributed by atoms with E-state index in [0.717, 1.165) is 12.0 Å². The molecule has 1 heteroatoms. The van der Waals surface area contributed by atoms with Crippen molar-refractivity contribution in [2.75, 3.05) is 0 Å². The van der Waals surface area contributed by atoms with Crippen molar-refractivity contribution in [2.45, 2.75) is 40.5 Å². The van der Waals surface area contributed by atoms with Crippen molar-refractivity contribution in [2.24, 2.45) is 11.8 Å². The highest BCUT2D eigenvalue weighted by atomic mass is 16.1. The van der Waals surface area contributed by atoms with Gasteiger partial charge in [0.2, 0.25) is 0 Å². The van der Waals surface area contributed by atoms with Gasteiger partial charge in [0.15, 0.2) is 0 Å². The van der Waals surface area contributed by atoms with Crippen LogP contribution in [-0.2, 0) is 17.6 Å². The maximum Gasteiger partial charge on any atom is 0.140 e. The number of Topliss-reactive ketones (excluding diaryl/α,β-unsaturated/α-hetero) is 1. The van der Waals surface area contributed by atoms with Gasteiger partial charge >= 0.3 is 0 Å². The van der Waals surface area contributed by atoms with Crippen LogP contribution in [0.2, 0.25) is 0 Å². The molecule has 0 aliphatic rings. The van der Waals surface area contributed by atoms with E-state index in [1.54, 1.807) is 0 Å². The molecule has 1 unspecified atom stereocenters. The first-order valence-corrected chi connectivity index (χ1v) is 6.15. The molecular weight excluding hydrogens is 196 g/mol. The second-order valence-corrected chi connectivity index (χ2v) is 4.85. The van der Waals surface area contributed by atoms with Gasteiger partial charge in [-0.05, 0) is 23.5 Å². The smallest absolute Gasteiger partial charge is 0.140 e. The summed E-state index contributed by atoms with van der Waals surface area (Å²) in [5, 5.41) is 0. The Balaban J connectivity index is 2.62. The monoisotopic (exact) mass is 218 g/mol. The number of rotatable bonds is 5. The largest absolute Gasteiger partial charge is 0.299 e. The summed E-state index contributed by atoms with van der Waals surface area (Å²) in [4.78, 5) is 11.9. The Morgan fingerprint density at radius 2 is 1.56 bits per heavy atom. The van der Waals surface area contributed by atoms with Crippen LogP contribution in [0.15, 0.2) is 24.3 Å². The summed E-state index contributed by atoms with van der Waals surface area (Å²) in [7, 11) is 0. The Hall–Kier alpha value is -1.11. The first-order valence-electron chi connectivity index (χ1n) is 6.15. The van der Waals surface area contributed by atoms with E-state index in [0.29, 0.717) is 18.1 Å². The van der Waals surface area contributed by atoms with Crippen molar-refractivity contribution in [1.29, 1.82) is 0 Å². The van der Waals surface area contributed by atoms with Crippen LogP contribution < -0.4 is 0 Å². The predicted octanol–water partition coefficient (Wildman–Crippen LogP) is 3.65. The third kappa shape index (κ3) is 3.48. The standard InChI is InChI=1S/C15H22O/c1-5-13-6-8-14(9-7-13)10-15(16)12(4)11(2)3/h6-9,11-12H,5,10H2,1-4H3. The van der Waals surface area contributed by atoms with Gasteiger partial charge in [0.05, 0.1) is 0 Å². The molecule has 0 fully saturated rings. The minimum atomic E-state index is 0.158. The summed E-state index contributed by atoms with van der Waals surface area (Å²) in [6.45, 7) is 8.36. The van der Waals surface area contributed by atoms with Gasteiger partial charge in [-0.25, -0.2) is 0 Å². The first kappa shape index (κ1) is 13.0. The highest BCUT2D eigenvalue weighted by molar-refractivity contribution is 5.83. The van der Waals surface area contributed by atoms with E-state index in [2.05, 4.69) is 45.0 Å². The van der Waals surface area contributed by atoms with Gasteiger partial charge in [0.25, 0.3) is 0 Å². The predicted molar refractivity (Wildman–Crippen MR) is 68.5 cm³/mol. The van der Waals surface area contributed by atoms with Crippen LogP contribution in [0.25, 0.3) is 0 Å². The molecule has 1 aromatic rings. The fourth-order valence-electron chi connectivity index (χ4n) is 1.63. The molecule has 0 spiro atoms. The zero-order valence-corrected chi connectivity index (χ0v) is 10.8. The van der Waals surface area contributed by atoms with E-state index in [9.17, 15) is 4.79 Å². The molecule has 0 bridgehead atoms. The lowest BCUT2D eigenvalue weighted by molar-refractivity contribution is -0.122. The van der Waals surface area contributed by atoms with E-state index < -0.39 is 0 Å². The molecule has 0 saturated carbocycles. The molecule has 0 radical (unpaired) electrons. The molecule has 1 nitrogen and oxygen atoms in total. The van der Waals surface area contributed by atoms with Crippen molar-refractivity contribution >= 4 is 5.78 Å². The highest BCUT2D eigenvalue weighted by Crippen LogP contribution is 2.14. The Kier molecular flexibility index (Phi) is 4.72. The lowest BCUT2D eigenvalue weighted by Gasteiger charge is -2.14. The lowest BCUT2D eigenvalue weighted by Crippen LogP contribution is -2.18. The lowest BCUT2D eigenvalue weighted by atomic mass is 9.90. The molecule has 0 saturated heterocycles. The van der Waals surface area contributed by atoms with Crippen LogP contribution in [0.5, 0.6) is 0 Å². The highest BCUT2D eigenvalue weighted by Gasteiger charge is 2.16. The molecular formula is C15H22O. The fraction of sp³-hybridized carbons (Fsp3) is 0.533. The molecule has 0 N–H and O–H groups in total. The quantitative estimate of drug-likeness (QED) is 0.737. The molecule has 1 atom stereocenters. The normalized spacial score (nSPS) is 12.8. The summed E-state index contributed by atoms with van der Waals surface area (Å²) in [5.41, 5.74) is 2.46. The third-order valence-corrected chi connectivity index (χ3v) is 3.32. The van der Waals surface area contributed by atoms with Crippen molar-refractivity contribution in [1.82, 2.24) is 0 Å². The molecule has 1 aromatic carbocycles. The Morgan fingerprint density at radius 3 is 2.00 bits per heavy atom. The van der Waals surface area contributed by atoms with Crippen LogP contribution in [0, 0.1) is 11.8 Å². The molecule has 0 aliphatic heterocycles. The molecule has 88 valence electrons. The van der Waals surface area contributed by atoms with Gasteiger partial charge in [0.1, 0.15) is 5.78 Å². The SMILES string of the molecule is CCc1ccc(CC(=O)C(C)C(C)C)cc1. The Morgan fingerprint density at radius 1 is 1.06 bits per heavy atom. The van der Waals surface area contributed by atoms with Gasteiger partial charge in [-0.15, -0.1) is 0 Å². The van der Waals surface area contributed by atoms with Crippen LogP contribution in [0.1, 0.15) is 38.8 Å². The number of benzene rings is 1.